The lowest BCUT2D eigenvalue weighted by Gasteiger charge is -2.34. The van der Waals surface area contributed by atoms with Crippen LogP contribution in [0.25, 0.3) is 0 Å². The topological polar surface area (TPSA) is 49.8 Å². The summed E-state index contributed by atoms with van der Waals surface area (Å²) in [6, 6.07) is 5.45. The Morgan fingerprint density at radius 3 is 2.78 bits per heavy atom. The van der Waals surface area contributed by atoms with Crippen LogP contribution in [-0.4, -0.2) is 42.3 Å². The van der Waals surface area contributed by atoms with Crippen LogP contribution >= 0.6 is 0 Å². The molecule has 2 fully saturated rings. The largest absolute Gasteiger partial charge is 0.481 e. The standard InChI is InChI=1S/C16H18F3NO3/c17-16(18,19)13-4-2-1-3-11(13)7-20-8-12-9-23-6-5-15(12,10-20)14(21)22/h1-4,12H,5-10H2,(H,21,22)/t12-,15+/m1/s1. The summed E-state index contributed by atoms with van der Waals surface area (Å²) in [4.78, 5) is 13.5. The Kier molecular flexibility index (Phi) is 4.10. The molecular formula is C16H18F3NO3. The van der Waals surface area contributed by atoms with E-state index < -0.39 is 23.1 Å². The predicted octanol–water partition coefficient (Wildman–Crippen LogP) is 2.63. The molecule has 3 rings (SSSR count). The number of carbonyl (C=O) groups is 1. The van der Waals surface area contributed by atoms with Gasteiger partial charge < -0.3 is 9.84 Å². The van der Waals surface area contributed by atoms with Crippen LogP contribution in [0.4, 0.5) is 13.2 Å². The molecule has 0 radical (unpaired) electrons. The van der Waals surface area contributed by atoms with E-state index >= 15 is 0 Å². The molecule has 0 spiro atoms. The van der Waals surface area contributed by atoms with Crippen molar-refractivity contribution in [2.24, 2.45) is 11.3 Å². The molecule has 1 aromatic carbocycles. The molecule has 0 saturated carbocycles. The van der Waals surface area contributed by atoms with Gasteiger partial charge in [-0.05, 0) is 18.1 Å². The third kappa shape index (κ3) is 2.95. The lowest BCUT2D eigenvalue weighted by molar-refractivity contribution is -0.157. The van der Waals surface area contributed by atoms with Crippen molar-refractivity contribution in [3.63, 3.8) is 0 Å². The van der Waals surface area contributed by atoms with Crippen LogP contribution in [0, 0.1) is 11.3 Å². The minimum absolute atomic E-state index is 0.0984. The average Bonchev–Trinajstić information content (AvgIpc) is 2.86. The summed E-state index contributed by atoms with van der Waals surface area (Å²) in [5.74, 6) is -1.05. The van der Waals surface area contributed by atoms with Crippen LogP contribution in [-0.2, 0) is 22.3 Å². The highest BCUT2D eigenvalue weighted by molar-refractivity contribution is 5.76. The first-order valence-electron chi connectivity index (χ1n) is 7.51. The van der Waals surface area contributed by atoms with Crippen LogP contribution in [0.3, 0.4) is 0 Å². The fourth-order valence-corrected chi connectivity index (χ4v) is 3.70. The molecule has 4 nitrogen and oxygen atoms in total. The highest BCUT2D eigenvalue weighted by Gasteiger charge is 2.53. The number of hydrogen-bond donors (Lipinski definition) is 1. The van der Waals surface area contributed by atoms with Gasteiger partial charge in [0, 0.05) is 32.2 Å². The smallest absolute Gasteiger partial charge is 0.416 e. The molecule has 0 bridgehead atoms. The van der Waals surface area contributed by atoms with Crippen LogP contribution in [0.1, 0.15) is 17.5 Å². The van der Waals surface area contributed by atoms with Crippen LogP contribution in [0.2, 0.25) is 0 Å². The number of nitrogens with zero attached hydrogens (tertiary/aromatic N) is 1. The molecule has 2 aliphatic rings. The summed E-state index contributed by atoms with van der Waals surface area (Å²) >= 11 is 0. The van der Waals surface area contributed by atoms with Crippen LogP contribution in [0.5, 0.6) is 0 Å². The Balaban J connectivity index is 1.82. The lowest BCUT2D eigenvalue weighted by Crippen LogP contribution is -2.44. The van der Waals surface area contributed by atoms with E-state index in [0.717, 1.165) is 6.07 Å². The number of aliphatic carboxylic acids is 1. The maximum absolute atomic E-state index is 13.1. The van der Waals surface area contributed by atoms with Gasteiger partial charge in [0.05, 0.1) is 17.6 Å². The summed E-state index contributed by atoms with van der Waals surface area (Å²) in [5, 5.41) is 9.60. The second kappa shape index (κ2) is 5.79. The Hall–Kier alpha value is -1.60. The molecule has 2 saturated heterocycles. The van der Waals surface area contributed by atoms with Crippen molar-refractivity contribution in [3.8, 4) is 0 Å². The van der Waals surface area contributed by atoms with Crippen molar-refractivity contribution in [1.29, 1.82) is 0 Å². The fraction of sp³-hybridized carbons (Fsp3) is 0.562. The summed E-state index contributed by atoms with van der Waals surface area (Å²) < 4.78 is 44.6. The van der Waals surface area contributed by atoms with E-state index in [0.29, 0.717) is 26.2 Å². The van der Waals surface area contributed by atoms with Crippen molar-refractivity contribution in [3.05, 3.63) is 35.4 Å². The van der Waals surface area contributed by atoms with Gasteiger partial charge >= 0.3 is 12.1 Å². The number of rotatable bonds is 3. The monoisotopic (exact) mass is 329 g/mol. The molecule has 0 aliphatic carbocycles. The first kappa shape index (κ1) is 16.3. The van der Waals surface area contributed by atoms with Crippen molar-refractivity contribution in [2.75, 3.05) is 26.3 Å². The fourth-order valence-electron chi connectivity index (χ4n) is 3.70. The zero-order valence-corrected chi connectivity index (χ0v) is 12.5. The van der Waals surface area contributed by atoms with Gasteiger partial charge in [-0.15, -0.1) is 0 Å². The molecule has 23 heavy (non-hydrogen) atoms. The Labute approximate surface area is 131 Å². The number of alkyl halides is 3. The molecule has 2 heterocycles. The average molecular weight is 329 g/mol. The highest BCUT2D eigenvalue weighted by atomic mass is 19.4. The van der Waals surface area contributed by atoms with Gasteiger partial charge in [0.1, 0.15) is 0 Å². The van der Waals surface area contributed by atoms with E-state index in [4.69, 9.17) is 4.74 Å². The summed E-state index contributed by atoms with van der Waals surface area (Å²) in [6.45, 7) is 1.54. The molecule has 7 heteroatoms. The van der Waals surface area contributed by atoms with E-state index in [2.05, 4.69) is 0 Å². The zero-order chi connectivity index (χ0) is 16.7. The van der Waals surface area contributed by atoms with Gasteiger partial charge in [-0.25, -0.2) is 0 Å². The van der Waals surface area contributed by atoms with E-state index in [1.54, 1.807) is 11.0 Å². The first-order valence-corrected chi connectivity index (χ1v) is 7.51. The van der Waals surface area contributed by atoms with Gasteiger partial charge in [0.15, 0.2) is 0 Å². The van der Waals surface area contributed by atoms with E-state index in [-0.39, 0.29) is 24.6 Å². The van der Waals surface area contributed by atoms with Gasteiger partial charge in [-0.3, -0.25) is 9.69 Å². The third-order valence-corrected chi connectivity index (χ3v) is 4.92. The maximum Gasteiger partial charge on any atom is 0.416 e. The lowest BCUT2D eigenvalue weighted by atomic mass is 9.74. The van der Waals surface area contributed by atoms with Crippen LogP contribution in [0.15, 0.2) is 24.3 Å². The molecule has 1 N–H and O–H groups in total. The number of ether oxygens (including phenoxy) is 1. The second-order valence-corrected chi connectivity index (χ2v) is 6.31. The maximum atomic E-state index is 13.1. The normalized spacial score (nSPS) is 28.6. The van der Waals surface area contributed by atoms with Crippen molar-refractivity contribution in [2.45, 2.75) is 19.1 Å². The molecule has 0 amide bonds. The van der Waals surface area contributed by atoms with E-state index in [9.17, 15) is 23.1 Å². The molecule has 126 valence electrons. The Bertz CT molecular complexity index is 604. The van der Waals surface area contributed by atoms with Gasteiger partial charge in [0.2, 0.25) is 0 Å². The minimum Gasteiger partial charge on any atom is -0.481 e. The number of benzene rings is 1. The first-order chi connectivity index (χ1) is 10.8. The number of halogens is 3. The molecule has 2 aliphatic heterocycles. The summed E-state index contributed by atoms with van der Waals surface area (Å²) in [5.41, 5.74) is -1.37. The highest BCUT2D eigenvalue weighted by Crippen LogP contribution is 2.43. The van der Waals surface area contributed by atoms with Crippen molar-refractivity contribution < 1.29 is 27.8 Å². The summed E-state index contributed by atoms with van der Waals surface area (Å²) in [7, 11) is 0. The SMILES string of the molecule is O=C(O)[C@]12CCOC[C@H]1CN(Cc1ccccc1C(F)(F)F)C2. The molecule has 0 unspecified atom stereocenters. The van der Waals surface area contributed by atoms with E-state index in [1.165, 1.54) is 12.1 Å². The number of carboxylic acid groups (broad SMARTS) is 1. The number of carboxylic acids is 1. The molecule has 0 aromatic heterocycles. The Morgan fingerprint density at radius 1 is 1.39 bits per heavy atom. The zero-order valence-electron chi connectivity index (χ0n) is 12.5. The van der Waals surface area contributed by atoms with Crippen molar-refractivity contribution >= 4 is 5.97 Å². The molecule has 1 aromatic rings. The number of fused-ring (bicyclic) bond motifs is 1. The number of likely N-dealkylation sites (tertiary alicyclic amines) is 1. The minimum atomic E-state index is -4.41. The second-order valence-electron chi connectivity index (χ2n) is 6.31. The van der Waals surface area contributed by atoms with Gasteiger partial charge in [-0.1, -0.05) is 18.2 Å². The van der Waals surface area contributed by atoms with Crippen LogP contribution < -0.4 is 0 Å². The Morgan fingerprint density at radius 2 is 2.13 bits per heavy atom. The van der Waals surface area contributed by atoms with Gasteiger partial charge in [-0.2, -0.15) is 13.2 Å². The number of hydrogen-bond acceptors (Lipinski definition) is 3. The molecular weight excluding hydrogens is 311 g/mol. The third-order valence-electron chi connectivity index (χ3n) is 4.92. The van der Waals surface area contributed by atoms with Gasteiger partial charge in [0.25, 0.3) is 0 Å². The van der Waals surface area contributed by atoms with E-state index in [1.807, 2.05) is 0 Å². The van der Waals surface area contributed by atoms with Crippen molar-refractivity contribution in [1.82, 2.24) is 4.90 Å². The predicted molar refractivity (Wildman–Crippen MR) is 75.7 cm³/mol. The summed E-state index contributed by atoms with van der Waals surface area (Å²) in [6.07, 6.45) is -4.00. The quantitative estimate of drug-likeness (QED) is 0.926. The molecule has 2 atom stereocenters.